The third-order valence-electron chi connectivity index (χ3n) is 2.93. The summed E-state index contributed by atoms with van der Waals surface area (Å²) in [5.74, 6) is -0.100. The first-order valence-electron chi connectivity index (χ1n) is 6.04. The Balaban J connectivity index is 2.17. The fraction of sp³-hybridized carbons (Fsp3) is 0.385. The lowest BCUT2D eigenvalue weighted by Crippen LogP contribution is -2.33. The molecular formula is C13H16N2O3. The van der Waals surface area contributed by atoms with Crippen molar-refractivity contribution in [3.63, 3.8) is 0 Å². The van der Waals surface area contributed by atoms with Gasteiger partial charge in [-0.15, -0.1) is 0 Å². The average Bonchev–Trinajstić information content (AvgIpc) is 2.63. The number of aromatic hydroxyl groups is 1. The highest BCUT2D eigenvalue weighted by Crippen LogP contribution is 2.24. The molecule has 1 heterocycles. The summed E-state index contributed by atoms with van der Waals surface area (Å²) < 4.78 is 0. The second kappa shape index (κ2) is 5.08. The molecule has 18 heavy (non-hydrogen) atoms. The van der Waals surface area contributed by atoms with E-state index in [1.807, 2.05) is 6.92 Å². The van der Waals surface area contributed by atoms with Crippen LogP contribution in [0.4, 0.5) is 10.5 Å². The molecule has 1 N–H and O–H groups in total. The van der Waals surface area contributed by atoms with E-state index < -0.39 is 0 Å². The second-order valence-corrected chi connectivity index (χ2v) is 4.29. The van der Waals surface area contributed by atoms with Crippen LogP contribution in [0.3, 0.4) is 0 Å². The van der Waals surface area contributed by atoms with E-state index in [1.165, 1.54) is 21.9 Å². The molecule has 1 saturated heterocycles. The van der Waals surface area contributed by atoms with Crippen LogP contribution in [-0.4, -0.2) is 35.0 Å². The number of amides is 3. The molecule has 0 saturated carbocycles. The van der Waals surface area contributed by atoms with Crippen molar-refractivity contribution in [1.82, 2.24) is 4.90 Å². The number of hydrogen-bond donors (Lipinski definition) is 1. The molecule has 0 unspecified atom stereocenters. The highest BCUT2D eigenvalue weighted by molar-refractivity contribution is 6.12. The number of carbonyl (C=O) groups is 2. The van der Waals surface area contributed by atoms with E-state index in [0.717, 1.165) is 12.8 Å². The third kappa shape index (κ3) is 2.30. The molecule has 5 heteroatoms. The summed E-state index contributed by atoms with van der Waals surface area (Å²) >= 11 is 0. The number of hydrogen-bond acceptors (Lipinski definition) is 3. The number of phenols is 1. The van der Waals surface area contributed by atoms with Gasteiger partial charge in [0.05, 0.1) is 0 Å². The maximum Gasteiger partial charge on any atom is 0.331 e. The maximum atomic E-state index is 12.1. The summed E-state index contributed by atoms with van der Waals surface area (Å²) in [5, 5.41) is 9.40. The molecule has 3 amide bonds. The molecule has 0 atom stereocenters. The second-order valence-electron chi connectivity index (χ2n) is 4.29. The minimum Gasteiger partial charge on any atom is -0.508 e. The minimum absolute atomic E-state index is 0.0476. The summed E-state index contributed by atoms with van der Waals surface area (Å²) in [6.45, 7) is 2.52. The van der Waals surface area contributed by atoms with Crippen LogP contribution < -0.4 is 4.90 Å². The lowest BCUT2D eigenvalue weighted by atomic mass is 10.3. The molecule has 0 radical (unpaired) electrons. The molecule has 0 bridgehead atoms. The van der Waals surface area contributed by atoms with Gasteiger partial charge in [-0.2, -0.15) is 0 Å². The van der Waals surface area contributed by atoms with Gasteiger partial charge in [-0.1, -0.05) is 19.4 Å². The van der Waals surface area contributed by atoms with Crippen LogP contribution in [0.1, 0.15) is 19.8 Å². The van der Waals surface area contributed by atoms with Gasteiger partial charge in [0.2, 0.25) is 0 Å². The fourth-order valence-electron chi connectivity index (χ4n) is 1.94. The topological polar surface area (TPSA) is 60.9 Å². The number of rotatable bonds is 4. The van der Waals surface area contributed by atoms with Gasteiger partial charge in [0.25, 0.3) is 5.91 Å². The first-order chi connectivity index (χ1) is 8.63. The Labute approximate surface area is 106 Å². The molecule has 0 spiro atoms. The maximum absolute atomic E-state index is 12.1. The highest BCUT2D eigenvalue weighted by Gasteiger charge is 2.36. The molecule has 5 nitrogen and oxygen atoms in total. The van der Waals surface area contributed by atoms with Gasteiger partial charge in [-0.25, -0.2) is 4.79 Å². The van der Waals surface area contributed by atoms with E-state index >= 15 is 0 Å². The summed E-state index contributed by atoms with van der Waals surface area (Å²) in [6, 6.07) is 6.06. The number of unbranched alkanes of at least 4 members (excludes halogenated alkanes) is 1. The normalized spacial score (nSPS) is 15.6. The predicted octanol–water partition coefficient (Wildman–Crippen LogP) is 1.96. The first-order valence-corrected chi connectivity index (χ1v) is 6.04. The van der Waals surface area contributed by atoms with Crippen molar-refractivity contribution in [3.05, 3.63) is 24.3 Å². The van der Waals surface area contributed by atoms with Crippen molar-refractivity contribution in [3.8, 4) is 5.75 Å². The van der Waals surface area contributed by atoms with Crippen LogP contribution in [0.2, 0.25) is 0 Å². The Kier molecular flexibility index (Phi) is 3.50. The Bertz CT molecular complexity index is 473. The van der Waals surface area contributed by atoms with Gasteiger partial charge in [-0.3, -0.25) is 14.6 Å². The summed E-state index contributed by atoms with van der Waals surface area (Å²) in [6.07, 6.45) is 1.74. The Hall–Kier alpha value is -2.04. The van der Waals surface area contributed by atoms with Crippen molar-refractivity contribution >= 4 is 17.6 Å². The summed E-state index contributed by atoms with van der Waals surface area (Å²) in [7, 11) is 0. The zero-order chi connectivity index (χ0) is 13.1. The third-order valence-corrected chi connectivity index (χ3v) is 2.93. The van der Waals surface area contributed by atoms with E-state index in [2.05, 4.69) is 0 Å². The number of urea groups is 1. The predicted molar refractivity (Wildman–Crippen MR) is 67.5 cm³/mol. The Morgan fingerprint density at radius 1 is 1.33 bits per heavy atom. The van der Waals surface area contributed by atoms with E-state index in [-0.39, 0.29) is 24.2 Å². The van der Waals surface area contributed by atoms with E-state index in [1.54, 1.807) is 12.1 Å². The van der Waals surface area contributed by atoms with Crippen molar-refractivity contribution in [2.75, 3.05) is 18.0 Å². The van der Waals surface area contributed by atoms with Gasteiger partial charge in [-0.05, 0) is 18.6 Å². The monoisotopic (exact) mass is 248 g/mol. The van der Waals surface area contributed by atoms with Gasteiger partial charge in [0, 0.05) is 18.3 Å². The van der Waals surface area contributed by atoms with Gasteiger partial charge >= 0.3 is 6.03 Å². The fourth-order valence-corrected chi connectivity index (χ4v) is 1.94. The van der Waals surface area contributed by atoms with Crippen molar-refractivity contribution in [2.24, 2.45) is 0 Å². The SMILES string of the molecule is CCCCN1C(=O)CN(c2cccc(O)c2)C1=O. The average molecular weight is 248 g/mol. The molecule has 96 valence electrons. The zero-order valence-corrected chi connectivity index (χ0v) is 10.3. The quantitative estimate of drug-likeness (QED) is 0.828. The zero-order valence-electron chi connectivity index (χ0n) is 10.3. The van der Waals surface area contributed by atoms with E-state index in [9.17, 15) is 14.7 Å². The summed E-state index contributed by atoms with van der Waals surface area (Å²) in [5.41, 5.74) is 0.548. The number of carbonyl (C=O) groups excluding carboxylic acids is 2. The van der Waals surface area contributed by atoms with Crippen LogP contribution >= 0.6 is 0 Å². The van der Waals surface area contributed by atoms with Crippen LogP contribution in [0.25, 0.3) is 0 Å². The first kappa shape index (κ1) is 12.4. The largest absolute Gasteiger partial charge is 0.508 e. The van der Waals surface area contributed by atoms with Gasteiger partial charge in [0.1, 0.15) is 12.3 Å². The van der Waals surface area contributed by atoms with Gasteiger partial charge in [0.15, 0.2) is 0 Å². The van der Waals surface area contributed by atoms with Gasteiger partial charge < -0.3 is 5.11 Å². The molecule has 1 aromatic carbocycles. The molecular weight excluding hydrogens is 232 g/mol. The number of nitrogens with zero attached hydrogens (tertiary/aromatic N) is 2. The minimum atomic E-state index is -0.306. The molecule has 1 fully saturated rings. The van der Waals surface area contributed by atoms with E-state index in [4.69, 9.17) is 0 Å². The lowest BCUT2D eigenvalue weighted by molar-refractivity contribution is -0.124. The summed E-state index contributed by atoms with van der Waals surface area (Å²) in [4.78, 5) is 26.5. The van der Waals surface area contributed by atoms with E-state index in [0.29, 0.717) is 12.2 Å². The molecule has 0 aromatic heterocycles. The standard InChI is InChI=1S/C13H16N2O3/c1-2-3-7-14-12(17)9-15(13(14)18)10-5-4-6-11(16)8-10/h4-6,8,16H,2-3,7,9H2,1H3. The van der Waals surface area contributed by atoms with Crippen molar-refractivity contribution < 1.29 is 14.7 Å². The molecule has 1 aromatic rings. The van der Waals surface area contributed by atoms with Crippen LogP contribution in [0, 0.1) is 0 Å². The number of phenolic OH excluding ortho intramolecular Hbond substituents is 1. The highest BCUT2D eigenvalue weighted by atomic mass is 16.3. The molecule has 1 aliphatic heterocycles. The number of imide groups is 1. The Morgan fingerprint density at radius 3 is 2.78 bits per heavy atom. The van der Waals surface area contributed by atoms with Crippen LogP contribution in [0.15, 0.2) is 24.3 Å². The molecule has 2 rings (SSSR count). The van der Waals surface area contributed by atoms with Crippen LogP contribution in [0.5, 0.6) is 5.75 Å². The molecule has 0 aliphatic carbocycles. The lowest BCUT2D eigenvalue weighted by Gasteiger charge is -2.16. The molecule has 1 aliphatic rings. The van der Waals surface area contributed by atoms with Crippen molar-refractivity contribution in [2.45, 2.75) is 19.8 Å². The van der Waals surface area contributed by atoms with Crippen LogP contribution in [-0.2, 0) is 4.79 Å². The smallest absolute Gasteiger partial charge is 0.331 e. The number of anilines is 1. The Morgan fingerprint density at radius 2 is 2.11 bits per heavy atom. The number of benzene rings is 1. The van der Waals surface area contributed by atoms with Crippen molar-refractivity contribution in [1.29, 1.82) is 0 Å².